The predicted octanol–water partition coefficient (Wildman–Crippen LogP) is 3.96. The van der Waals surface area contributed by atoms with Crippen molar-refractivity contribution in [3.05, 3.63) is 65.7 Å². The van der Waals surface area contributed by atoms with E-state index in [0.29, 0.717) is 11.3 Å². The molecule has 21 heavy (non-hydrogen) atoms. The molecule has 0 spiro atoms. The lowest BCUT2D eigenvalue weighted by Crippen LogP contribution is -2.27. The first-order chi connectivity index (χ1) is 10.1. The Balaban J connectivity index is 2.14. The van der Waals surface area contributed by atoms with E-state index in [0.717, 1.165) is 5.56 Å². The standard InChI is InChI=1S/C18H21NO2/c1-13(2)21-17-12-8-7-11-16(17)18(20)19-14(3)15-9-5-4-6-10-15/h4-14H,1-3H3,(H,19,20). The highest BCUT2D eigenvalue weighted by Crippen LogP contribution is 2.21. The number of carbonyl (C=O) groups excluding carboxylic acids is 1. The molecule has 0 aliphatic carbocycles. The fourth-order valence-electron chi connectivity index (χ4n) is 2.11. The van der Waals surface area contributed by atoms with E-state index in [1.54, 1.807) is 6.07 Å². The third-order valence-corrected chi connectivity index (χ3v) is 3.14. The maximum atomic E-state index is 12.4. The monoisotopic (exact) mass is 283 g/mol. The van der Waals surface area contributed by atoms with Gasteiger partial charge in [0.25, 0.3) is 5.91 Å². The van der Waals surface area contributed by atoms with Crippen LogP contribution in [0.1, 0.15) is 42.7 Å². The summed E-state index contributed by atoms with van der Waals surface area (Å²) in [6.07, 6.45) is 0.0329. The summed E-state index contributed by atoms with van der Waals surface area (Å²) < 4.78 is 5.69. The highest BCUT2D eigenvalue weighted by atomic mass is 16.5. The molecule has 110 valence electrons. The second-order valence-electron chi connectivity index (χ2n) is 5.27. The number of benzene rings is 2. The normalized spacial score (nSPS) is 12.0. The summed E-state index contributed by atoms with van der Waals surface area (Å²) >= 11 is 0. The Kier molecular flexibility index (Phi) is 4.99. The molecule has 1 amide bonds. The molecule has 0 aliphatic heterocycles. The van der Waals surface area contributed by atoms with Crippen molar-refractivity contribution in [3.63, 3.8) is 0 Å². The van der Waals surface area contributed by atoms with E-state index >= 15 is 0 Å². The van der Waals surface area contributed by atoms with Crippen molar-refractivity contribution in [3.8, 4) is 5.75 Å². The third kappa shape index (κ3) is 4.09. The van der Waals surface area contributed by atoms with Crippen LogP contribution in [0.3, 0.4) is 0 Å². The summed E-state index contributed by atoms with van der Waals surface area (Å²) in [4.78, 5) is 12.4. The van der Waals surface area contributed by atoms with Crippen molar-refractivity contribution in [1.82, 2.24) is 5.32 Å². The first kappa shape index (κ1) is 15.1. The number of para-hydroxylation sites is 1. The Morgan fingerprint density at radius 1 is 0.952 bits per heavy atom. The summed E-state index contributed by atoms with van der Waals surface area (Å²) in [6, 6.07) is 17.2. The van der Waals surface area contributed by atoms with E-state index in [1.807, 2.05) is 69.3 Å². The smallest absolute Gasteiger partial charge is 0.255 e. The highest BCUT2D eigenvalue weighted by molar-refractivity contribution is 5.97. The molecule has 2 aromatic rings. The Bertz CT molecular complexity index is 593. The molecular weight excluding hydrogens is 262 g/mol. The quantitative estimate of drug-likeness (QED) is 0.901. The summed E-state index contributed by atoms with van der Waals surface area (Å²) in [5.41, 5.74) is 1.64. The van der Waals surface area contributed by atoms with Crippen LogP contribution in [0.25, 0.3) is 0 Å². The van der Waals surface area contributed by atoms with Crippen LogP contribution in [0.15, 0.2) is 54.6 Å². The van der Waals surface area contributed by atoms with Gasteiger partial charge in [-0.15, -0.1) is 0 Å². The van der Waals surface area contributed by atoms with Gasteiger partial charge in [-0.05, 0) is 38.5 Å². The fourth-order valence-corrected chi connectivity index (χ4v) is 2.11. The van der Waals surface area contributed by atoms with Gasteiger partial charge in [0.2, 0.25) is 0 Å². The van der Waals surface area contributed by atoms with Crippen LogP contribution in [0, 0.1) is 0 Å². The summed E-state index contributed by atoms with van der Waals surface area (Å²) in [5.74, 6) is 0.493. The van der Waals surface area contributed by atoms with E-state index in [9.17, 15) is 4.79 Å². The van der Waals surface area contributed by atoms with Crippen molar-refractivity contribution >= 4 is 5.91 Å². The number of nitrogens with one attached hydrogen (secondary N) is 1. The Morgan fingerprint density at radius 3 is 2.24 bits per heavy atom. The molecule has 0 bridgehead atoms. The summed E-state index contributed by atoms with van der Waals surface area (Å²) in [5, 5.41) is 3.01. The van der Waals surface area contributed by atoms with Crippen LogP contribution in [0.2, 0.25) is 0 Å². The number of rotatable bonds is 5. The third-order valence-electron chi connectivity index (χ3n) is 3.14. The molecular formula is C18H21NO2. The largest absolute Gasteiger partial charge is 0.490 e. The molecule has 0 aromatic heterocycles. The number of amides is 1. The van der Waals surface area contributed by atoms with Crippen LogP contribution in [-0.4, -0.2) is 12.0 Å². The molecule has 2 aromatic carbocycles. The average Bonchev–Trinajstić information content (AvgIpc) is 2.48. The van der Waals surface area contributed by atoms with Crippen LogP contribution in [0.4, 0.5) is 0 Å². The summed E-state index contributed by atoms with van der Waals surface area (Å²) in [7, 11) is 0. The van der Waals surface area contributed by atoms with Gasteiger partial charge in [0.15, 0.2) is 0 Å². The van der Waals surface area contributed by atoms with Crippen molar-refractivity contribution in [2.45, 2.75) is 32.9 Å². The van der Waals surface area contributed by atoms with Crippen LogP contribution in [0.5, 0.6) is 5.75 Å². The van der Waals surface area contributed by atoms with Gasteiger partial charge in [-0.25, -0.2) is 0 Å². The minimum absolute atomic E-state index is 0.0329. The molecule has 0 saturated carbocycles. The van der Waals surface area contributed by atoms with Gasteiger partial charge in [-0.1, -0.05) is 42.5 Å². The van der Waals surface area contributed by atoms with Crippen molar-refractivity contribution in [2.75, 3.05) is 0 Å². The molecule has 1 N–H and O–H groups in total. The van der Waals surface area contributed by atoms with E-state index in [4.69, 9.17) is 4.74 Å². The summed E-state index contributed by atoms with van der Waals surface area (Å²) in [6.45, 7) is 5.86. The fraction of sp³-hybridized carbons (Fsp3) is 0.278. The van der Waals surface area contributed by atoms with Gasteiger partial charge in [0, 0.05) is 0 Å². The number of hydrogen-bond donors (Lipinski definition) is 1. The minimum atomic E-state index is -0.123. The first-order valence-corrected chi connectivity index (χ1v) is 7.19. The predicted molar refractivity (Wildman–Crippen MR) is 84.5 cm³/mol. The zero-order valence-corrected chi connectivity index (χ0v) is 12.7. The molecule has 0 radical (unpaired) electrons. The Labute approximate surface area is 126 Å². The number of ether oxygens (including phenoxy) is 1. The number of carbonyl (C=O) groups is 1. The van der Waals surface area contributed by atoms with Gasteiger partial charge in [-0.2, -0.15) is 0 Å². The zero-order valence-electron chi connectivity index (χ0n) is 12.7. The molecule has 3 heteroatoms. The molecule has 2 rings (SSSR count). The van der Waals surface area contributed by atoms with Crippen molar-refractivity contribution < 1.29 is 9.53 Å². The van der Waals surface area contributed by atoms with Gasteiger partial charge < -0.3 is 10.1 Å². The maximum Gasteiger partial charge on any atom is 0.255 e. The van der Waals surface area contributed by atoms with E-state index in [1.165, 1.54) is 0 Å². The van der Waals surface area contributed by atoms with Crippen LogP contribution < -0.4 is 10.1 Å². The van der Waals surface area contributed by atoms with Crippen LogP contribution in [-0.2, 0) is 0 Å². The van der Waals surface area contributed by atoms with Gasteiger partial charge >= 0.3 is 0 Å². The minimum Gasteiger partial charge on any atom is -0.490 e. The van der Waals surface area contributed by atoms with E-state index < -0.39 is 0 Å². The topological polar surface area (TPSA) is 38.3 Å². The molecule has 0 heterocycles. The second-order valence-corrected chi connectivity index (χ2v) is 5.27. The van der Waals surface area contributed by atoms with Crippen LogP contribution >= 0.6 is 0 Å². The number of hydrogen-bond acceptors (Lipinski definition) is 2. The lowest BCUT2D eigenvalue weighted by atomic mass is 10.1. The zero-order chi connectivity index (χ0) is 15.2. The van der Waals surface area contributed by atoms with E-state index in [-0.39, 0.29) is 18.1 Å². The Morgan fingerprint density at radius 2 is 1.57 bits per heavy atom. The lowest BCUT2D eigenvalue weighted by molar-refractivity contribution is 0.0934. The average molecular weight is 283 g/mol. The second kappa shape index (κ2) is 6.93. The van der Waals surface area contributed by atoms with Gasteiger partial charge in [-0.3, -0.25) is 4.79 Å². The SMILES string of the molecule is CC(C)Oc1ccccc1C(=O)NC(C)c1ccccc1. The lowest BCUT2D eigenvalue weighted by Gasteiger charge is -2.17. The molecule has 0 aliphatic rings. The highest BCUT2D eigenvalue weighted by Gasteiger charge is 2.15. The van der Waals surface area contributed by atoms with Gasteiger partial charge in [0.05, 0.1) is 17.7 Å². The molecule has 0 saturated heterocycles. The molecule has 1 atom stereocenters. The first-order valence-electron chi connectivity index (χ1n) is 7.19. The molecule has 0 fully saturated rings. The Hall–Kier alpha value is -2.29. The maximum absolute atomic E-state index is 12.4. The molecule has 3 nitrogen and oxygen atoms in total. The van der Waals surface area contributed by atoms with Crippen molar-refractivity contribution in [1.29, 1.82) is 0 Å². The molecule has 1 unspecified atom stereocenters. The van der Waals surface area contributed by atoms with E-state index in [2.05, 4.69) is 5.32 Å². The van der Waals surface area contributed by atoms with Gasteiger partial charge in [0.1, 0.15) is 5.75 Å². The van der Waals surface area contributed by atoms with Crippen molar-refractivity contribution in [2.24, 2.45) is 0 Å².